The first-order valence-corrected chi connectivity index (χ1v) is 7.33. The van der Waals surface area contributed by atoms with Crippen LogP contribution >= 0.6 is 11.6 Å². The second-order valence-corrected chi connectivity index (χ2v) is 5.40. The fraction of sp³-hybridized carbons (Fsp3) is 0.294. The summed E-state index contributed by atoms with van der Waals surface area (Å²) >= 11 is 5.85. The van der Waals surface area contributed by atoms with E-state index in [2.05, 4.69) is 54.0 Å². The number of nitrogens with one attached hydrogen (secondary N) is 2. The summed E-state index contributed by atoms with van der Waals surface area (Å²) in [7, 11) is 0. The molecular weight excluding hydrogens is 268 g/mol. The topological polar surface area (TPSA) is 24.1 Å². The molecular formula is C17H21ClN2. The Morgan fingerprint density at radius 1 is 0.750 bits per heavy atom. The molecule has 0 radical (unpaired) electrons. The van der Waals surface area contributed by atoms with E-state index in [1.807, 2.05) is 12.1 Å². The summed E-state index contributed by atoms with van der Waals surface area (Å²) in [5.74, 6) is 0. The number of halogens is 1. The molecule has 0 heterocycles. The Bertz CT molecular complexity index is 456. The standard InChI is InChI=1S/C17H21ClN2/c1-14-2-4-15(5-3-14)12-19-10-11-20-13-16-6-8-17(18)9-7-16/h2-9,19-20H,10-13H2,1H3. The molecule has 0 aliphatic carbocycles. The SMILES string of the molecule is Cc1ccc(CNCCNCc2ccc(Cl)cc2)cc1. The molecule has 20 heavy (non-hydrogen) atoms. The van der Waals surface area contributed by atoms with Gasteiger partial charge in [-0.05, 0) is 30.2 Å². The van der Waals surface area contributed by atoms with Gasteiger partial charge in [-0.2, -0.15) is 0 Å². The van der Waals surface area contributed by atoms with E-state index in [0.29, 0.717) is 0 Å². The van der Waals surface area contributed by atoms with Crippen LogP contribution in [-0.2, 0) is 13.1 Å². The van der Waals surface area contributed by atoms with Gasteiger partial charge in [0.25, 0.3) is 0 Å². The number of rotatable bonds is 7. The Balaban J connectivity index is 1.57. The van der Waals surface area contributed by atoms with Crippen molar-refractivity contribution in [2.45, 2.75) is 20.0 Å². The highest BCUT2D eigenvalue weighted by molar-refractivity contribution is 6.30. The summed E-state index contributed by atoms with van der Waals surface area (Å²) in [6, 6.07) is 16.6. The van der Waals surface area contributed by atoms with Crippen LogP contribution in [0.25, 0.3) is 0 Å². The van der Waals surface area contributed by atoms with Gasteiger partial charge in [-0.25, -0.2) is 0 Å². The minimum atomic E-state index is 0.786. The number of hydrogen-bond donors (Lipinski definition) is 2. The predicted octanol–water partition coefficient (Wildman–Crippen LogP) is 3.53. The van der Waals surface area contributed by atoms with Gasteiger partial charge in [0.2, 0.25) is 0 Å². The molecule has 2 aromatic rings. The molecule has 2 rings (SSSR count). The second kappa shape index (κ2) is 8.05. The molecule has 0 aliphatic rings. The van der Waals surface area contributed by atoms with Crippen LogP contribution in [0.2, 0.25) is 5.02 Å². The van der Waals surface area contributed by atoms with E-state index in [0.717, 1.165) is 31.2 Å². The first-order valence-electron chi connectivity index (χ1n) is 6.95. The third-order valence-corrected chi connectivity index (χ3v) is 3.42. The van der Waals surface area contributed by atoms with Crippen LogP contribution in [-0.4, -0.2) is 13.1 Å². The van der Waals surface area contributed by atoms with E-state index in [9.17, 15) is 0 Å². The highest BCUT2D eigenvalue weighted by Crippen LogP contribution is 2.08. The van der Waals surface area contributed by atoms with Gasteiger partial charge < -0.3 is 10.6 Å². The Morgan fingerprint density at radius 3 is 1.70 bits per heavy atom. The third kappa shape index (κ3) is 5.33. The normalized spacial score (nSPS) is 10.7. The Morgan fingerprint density at radius 2 is 1.20 bits per heavy atom. The lowest BCUT2D eigenvalue weighted by molar-refractivity contribution is 0.611. The van der Waals surface area contributed by atoms with Crippen molar-refractivity contribution in [3.63, 3.8) is 0 Å². The largest absolute Gasteiger partial charge is 0.311 e. The maximum atomic E-state index is 5.85. The third-order valence-electron chi connectivity index (χ3n) is 3.17. The van der Waals surface area contributed by atoms with Crippen molar-refractivity contribution in [2.75, 3.05) is 13.1 Å². The first kappa shape index (κ1) is 15.0. The van der Waals surface area contributed by atoms with Crippen LogP contribution in [0.15, 0.2) is 48.5 Å². The molecule has 2 aromatic carbocycles. The average molecular weight is 289 g/mol. The first-order chi connectivity index (χ1) is 9.74. The highest BCUT2D eigenvalue weighted by Gasteiger charge is 1.94. The van der Waals surface area contributed by atoms with Crippen molar-refractivity contribution in [1.29, 1.82) is 0 Å². The molecule has 2 nitrogen and oxygen atoms in total. The molecule has 0 bridgehead atoms. The molecule has 0 atom stereocenters. The lowest BCUT2D eigenvalue weighted by atomic mass is 10.1. The molecule has 0 saturated heterocycles. The van der Waals surface area contributed by atoms with Crippen molar-refractivity contribution in [3.05, 3.63) is 70.2 Å². The maximum Gasteiger partial charge on any atom is 0.0406 e. The molecule has 0 aliphatic heterocycles. The van der Waals surface area contributed by atoms with Crippen LogP contribution in [0.5, 0.6) is 0 Å². The van der Waals surface area contributed by atoms with Gasteiger partial charge in [-0.15, -0.1) is 0 Å². The number of benzene rings is 2. The summed E-state index contributed by atoms with van der Waals surface area (Å²) < 4.78 is 0. The summed E-state index contributed by atoms with van der Waals surface area (Å²) in [6.07, 6.45) is 0. The molecule has 106 valence electrons. The highest BCUT2D eigenvalue weighted by atomic mass is 35.5. The molecule has 0 unspecified atom stereocenters. The quantitative estimate of drug-likeness (QED) is 0.762. The molecule has 0 fully saturated rings. The van der Waals surface area contributed by atoms with Crippen LogP contribution < -0.4 is 10.6 Å². The summed E-state index contributed by atoms with van der Waals surface area (Å²) in [6.45, 7) is 5.82. The van der Waals surface area contributed by atoms with E-state index in [-0.39, 0.29) is 0 Å². The average Bonchev–Trinajstić information content (AvgIpc) is 2.46. The van der Waals surface area contributed by atoms with Gasteiger partial charge in [0.1, 0.15) is 0 Å². The van der Waals surface area contributed by atoms with E-state index >= 15 is 0 Å². The fourth-order valence-electron chi connectivity index (χ4n) is 1.95. The van der Waals surface area contributed by atoms with Crippen LogP contribution in [0.4, 0.5) is 0 Å². The lowest BCUT2D eigenvalue weighted by Crippen LogP contribution is -2.26. The van der Waals surface area contributed by atoms with Gasteiger partial charge in [0.15, 0.2) is 0 Å². The zero-order chi connectivity index (χ0) is 14.2. The monoisotopic (exact) mass is 288 g/mol. The van der Waals surface area contributed by atoms with Crippen molar-refractivity contribution < 1.29 is 0 Å². The smallest absolute Gasteiger partial charge is 0.0406 e. The number of hydrogen-bond acceptors (Lipinski definition) is 2. The summed E-state index contributed by atoms with van der Waals surface area (Å²) in [4.78, 5) is 0. The zero-order valence-electron chi connectivity index (χ0n) is 11.8. The molecule has 0 saturated carbocycles. The van der Waals surface area contributed by atoms with E-state index in [1.54, 1.807) is 0 Å². The second-order valence-electron chi connectivity index (χ2n) is 4.97. The molecule has 3 heteroatoms. The van der Waals surface area contributed by atoms with Gasteiger partial charge in [-0.1, -0.05) is 53.6 Å². The van der Waals surface area contributed by atoms with Crippen LogP contribution in [0, 0.1) is 6.92 Å². The molecule has 0 amide bonds. The Kier molecular flexibility index (Phi) is 6.06. The van der Waals surface area contributed by atoms with Crippen molar-refractivity contribution in [2.24, 2.45) is 0 Å². The molecule has 0 spiro atoms. The van der Waals surface area contributed by atoms with Crippen molar-refractivity contribution >= 4 is 11.6 Å². The van der Waals surface area contributed by atoms with Gasteiger partial charge in [-0.3, -0.25) is 0 Å². The lowest BCUT2D eigenvalue weighted by Gasteiger charge is -2.07. The Labute approximate surface area is 126 Å². The minimum Gasteiger partial charge on any atom is -0.311 e. The van der Waals surface area contributed by atoms with Gasteiger partial charge in [0, 0.05) is 31.2 Å². The molecule has 2 N–H and O–H groups in total. The van der Waals surface area contributed by atoms with E-state index < -0.39 is 0 Å². The van der Waals surface area contributed by atoms with Crippen molar-refractivity contribution in [1.82, 2.24) is 10.6 Å². The van der Waals surface area contributed by atoms with Crippen LogP contribution in [0.1, 0.15) is 16.7 Å². The predicted molar refractivity (Wildman–Crippen MR) is 86.0 cm³/mol. The maximum absolute atomic E-state index is 5.85. The van der Waals surface area contributed by atoms with Gasteiger partial charge >= 0.3 is 0 Å². The fourth-order valence-corrected chi connectivity index (χ4v) is 2.08. The van der Waals surface area contributed by atoms with E-state index in [1.165, 1.54) is 16.7 Å². The number of aryl methyl sites for hydroxylation is 1. The zero-order valence-corrected chi connectivity index (χ0v) is 12.6. The van der Waals surface area contributed by atoms with E-state index in [4.69, 9.17) is 11.6 Å². The van der Waals surface area contributed by atoms with Gasteiger partial charge in [0.05, 0.1) is 0 Å². The van der Waals surface area contributed by atoms with Crippen molar-refractivity contribution in [3.8, 4) is 0 Å². The van der Waals surface area contributed by atoms with Crippen LogP contribution in [0.3, 0.4) is 0 Å². The summed E-state index contributed by atoms with van der Waals surface area (Å²) in [5, 5.41) is 7.63. The molecule has 0 aromatic heterocycles. The Hall–Kier alpha value is -1.35. The summed E-state index contributed by atoms with van der Waals surface area (Å²) in [5.41, 5.74) is 3.89. The minimum absolute atomic E-state index is 0.786.